The first-order valence-electron chi connectivity index (χ1n) is 17.7. The van der Waals surface area contributed by atoms with Crippen molar-refractivity contribution in [1.29, 1.82) is 0 Å². The van der Waals surface area contributed by atoms with Crippen molar-refractivity contribution in [2.24, 2.45) is 45.3 Å². The van der Waals surface area contributed by atoms with E-state index >= 15 is 0 Å². The maximum absolute atomic E-state index is 13.3. The third-order valence-electron chi connectivity index (χ3n) is 14.8. The van der Waals surface area contributed by atoms with Crippen LogP contribution < -0.4 is 10.1 Å². The molecule has 1 aromatic carbocycles. The molecule has 0 aliphatic heterocycles. The van der Waals surface area contributed by atoms with Gasteiger partial charge in [0.2, 0.25) is 0 Å². The van der Waals surface area contributed by atoms with Crippen molar-refractivity contribution >= 4 is 17.4 Å². The predicted molar refractivity (Wildman–Crippen MR) is 180 cm³/mol. The fourth-order valence-electron chi connectivity index (χ4n) is 12.6. The summed E-state index contributed by atoms with van der Waals surface area (Å²) in [5.41, 5.74) is 3.52. The number of carboxylic acid groups (broad SMARTS) is 1. The molecule has 6 heteroatoms. The van der Waals surface area contributed by atoms with Gasteiger partial charge in [0.1, 0.15) is 5.75 Å². The van der Waals surface area contributed by atoms with Crippen LogP contribution in [0.15, 0.2) is 54.9 Å². The van der Waals surface area contributed by atoms with Crippen LogP contribution in [0.3, 0.4) is 0 Å². The number of hydrogen-bond acceptors (Lipinski definition) is 4. The van der Waals surface area contributed by atoms with E-state index < -0.39 is 5.97 Å². The molecule has 3 unspecified atom stereocenters. The SMILES string of the molecule is CC1(C)C(c2ccc(C(=O)O)cc2)=CC[C@@]2(C)C1CC[C@]1(C)C2CC[C@@H]2C3CCC[C@]3(NC(=O)COc3cccnc3)CC[C@]21C. The number of carbonyl (C=O) groups is 2. The Kier molecular flexibility index (Phi) is 7.49. The molecule has 0 bridgehead atoms. The molecular formula is C40H52N2O4. The maximum atomic E-state index is 13.3. The number of rotatable bonds is 6. The topological polar surface area (TPSA) is 88.5 Å². The van der Waals surface area contributed by atoms with Gasteiger partial charge >= 0.3 is 5.97 Å². The first kappa shape index (κ1) is 31.4. The molecule has 0 spiro atoms. The summed E-state index contributed by atoms with van der Waals surface area (Å²) >= 11 is 0. The van der Waals surface area contributed by atoms with Crippen molar-refractivity contribution in [1.82, 2.24) is 10.3 Å². The molecule has 46 heavy (non-hydrogen) atoms. The Balaban J connectivity index is 1.13. The van der Waals surface area contributed by atoms with Gasteiger partial charge in [0, 0.05) is 11.7 Å². The molecule has 1 amide bonds. The quantitative estimate of drug-likeness (QED) is 0.336. The van der Waals surface area contributed by atoms with Crippen molar-refractivity contribution in [2.75, 3.05) is 6.61 Å². The predicted octanol–water partition coefficient (Wildman–Crippen LogP) is 8.58. The third-order valence-corrected chi connectivity index (χ3v) is 14.8. The van der Waals surface area contributed by atoms with Gasteiger partial charge in [0.05, 0.1) is 11.8 Å². The van der Waals surface area contributed by atoms with Gasteiger partial charge in [-0.1, -0.05) is 59.2 Å². The van der Waals surface area contributed by atoms with Crippen LogP contribution in [0.5, 0.6) is 5.75 Å². The van der Waals surface area contributed by atoms with E-state index in [0.29, 0.717) is 35.0 Å². The van der Waals surface area contributed by atoms with Crippen LogP contribution in [-0.4, -0.2) is 34.1 Å². The van der Waals surface area contributed by atoms with Gasteiger partial charge in [-0.15, -0.1) is 0 Å². The van der Waals surface area contributed by atoms with Crippen LogP contribution in [-0.2, 0) is 4.79 Å². The third kappa shape index (κ3) is 4.59. The van der Waals surface area contributed by atoms with Crippen molar-refractivity contribution in [3.63, 3.8) is 0 Å². The lowest BCUT2D eigenvalue weighted by Crippen LogP contribution is -2.67. The van der Waals surface area contributed by atoms with Crippen LogP contribution in [0.25, 0.3) is 5.57 Å². The lowest BCUT2D eigenvalue weighted by atomic mass is 9.33. The van der Waals surface area contributed by atoms with Gasteiger partial charge in [-0.3, -0.25) is 9.78 Å². The van der Waals surface area contributed by atoms with Crippen molar-refractivity contribution in [3.05, 3.63) is 66.0 Å². The standard InChI is InChI=1S/C40H52N2O4/c1-36(2)29(26-10-12-27(13-11-26)35(44)45)16-19-37(3)32(36)17-20-39(5)33(37)15-14-30-31-9-6-18-40(31,22-21-38(30,39)4)42-34(43)25-46-28-8-7-23-41-24-28/h7-8,10-13,16,23-24,30-33H,6,9,14-15,17-22,25H2,1-5H3,(H,42,43)(H,44,45)/t30-,31?,32?,33?,37+,38-,39-,40+/m1/s1. The van der Waals surface area contributed by atoms with E-state index in [-0.39, 0.29) is 39.7 Å². The van der Waals surface area contributed by atoms with Gasteiger partial charge in [-0.2, -0.15) is 0 Å². The zero-order valence-electron chi connectivity index (χ0n) is 28.4. The number of aromatic carboxylic acids is 1. The summed E-state index contributed by atoms with van der Waals surface area (Å²) in [5.74, 6) is 2.14. The fourth-order valence-corrected chi connectivity index (χ4v) is 12.6. The molecular weight excluding hydrogens is 572 g/mol. The van der Waals surface area contributed by atoms with Crippen LogP contribution in [0.1, 0.15) is 115 Å². The van der Waals surface area contributed by atoms with Crippen molar-refractivity contribution < 1.29 is 19.4 Å². The minimum absolute atomic E-state index is 0.00287. The molecule has 7 rings (SSSR count). The number of amides is 1. The van der Waals surface area contributed by atoms with Gasteiger partial charge in [0.25, 0.3) is 5.91 Å². The molecule has 2 aromatic rings. The number of fused-ring (bicyclic) bond motifs is 7. The van der Waals surface area contributed by atoms with E-state index in [1.807, 2.05) is 24.3 Å². The number of hydrogen-bond donors (Lipinski definition) is 2. The summed E-state index contributed by atoms with van der Waals surface area (Å²) in [7, 11) is 0. The second-order valence-electron chi connectivity index (χ2n) is 16.8. The Labute approximate surface area is 274 Å². The van der Waals surface area contributed by atoms with E-state index in [1.54, 1.807) is 24.5 Å². The van der Waals surface area contributed by atoms with E-state index in [2.05, 4.69) is 51.0 Å². The number of carboxylic acids is 1. The second-order valence-corrected chi connectivity index (χ2v) is 16.8. The number of aromatic nitrogens is 1. The second kappa shape index (κ2) is 11.0. The first-order chi connectivity index (χ1) is 21.8. The Bertz CT molecular complexity index is 1530. The largest absolute Gasteiger partial charge is 0.482 e. The van der Waals surface area contributed by atoms with E-state index in [0.717, 1.165) is 19.3 Å². The van der Waals surface area contributed by atoms with Crippen molar-refractivity contribution in [3.8, 4) is 5.75 Å². The zero-order valence-corrected chi connectivity index (χ0v) is 28.4. The molecule has 5 aliphatic carbocycles. The monoisotopic (exact) mass is 624 g/mol. The summed E-state index contributed by atoms with van der Waals surface area (Å²) in [6, 6.07) is 11.2. The van der Waals surface area contributed by atoms with Crippen LogP contribution in [0.2, 0.25) is 0 Å². The first-order valence-corrected chi connectivity index (χ1v) is 17.7. The summed E-state index contributed by atoms with van der Waals surface area (Å²) in [6.45, 7) is 12.8. The van der Waals surface area contributed by atoms with Gasteiger partial charge < -0.3 is 15.2 Å². The van der Waals surface area contributed by atoms with Crippen LogP contribution in [0.4, 0.5) is 0 Å². The van der Waals surface area contributed by atoms with E-state index in [9.17, 15) is 14.7 Å². The number of allylic oxidation sites excluding steroid dienone is 2. The summed E-state index contributed by atoms with van der Waals surface area (Å²) in [5, 5.41) is 13.0. The summed E-state index contributed by atoms with van der Waals surface area (Å²) in [6.07, 6.45) is 17.7. The molecule has 6 nitrogen and oxygen atoms in total. The van der Waals surface area contributed by atoms with E-state index in [4.69, 9.17) is 4.74 Å². The number of ether oxygens (including phenoxy) is 1. The van der Waals surface area contributed by atoms with E-state index in [1.165, 1.54) is 56.1 Å². The molecule has 5 aliphatic rings. The Hall–Kier alpha value is -3.15. The minimum atomic E-state index is -0.874. The van der Waals surface area contributed by atoms with Crippen LogP contribution in [0, 0.1) is 45.3 Å². The Morgan fingerprint density at radius 1 is 0.891 bits per heavy atom. The smallest absolute Gasteiger partial charge is 0.335 e. The number of nitrogens with zero attached hydrogens (tertiary/aromatic N) is 1. The van der Waals surface area contributed by atoms with Crippen LogP contribution >= 0.6 is 0 Å². The highest BCUT2D eigenvalue weighted by molar-refractivity contribution is 5.88. The minimum Gasteiger partial charge on any atom is -0.482 e. The Morgan fingerprint density at radius 2 is 1.67 bits per heavy atom. The highest BCUT2D eigenvalue weighted by Crippen LogP contribution is 2.76. The summed E-state index contributed by atoms with van der Waals surface area (Å²) < 4.78 is 5.79. The fraction of sp³-hybridized carbons (Fsp3) is 0.625. The van der Waals surface area contributed by atoms with Gasteiger partial charge in [0.15, 0.2) is 6.61 Å². The molecule has 246 valence electrons. The highest BCUT2D eigenvalue weighted by Gasteiger charge is 2.69. The lowest BCUT2D eigenvalue weighted by molar-refractivity contribution is -0.217. The van der Waals surface area contributed by atoms with Crippen molar-refractivity contribution in [2.45, 2.75) is 104 Å². The lowest BCUT2D eigenvalue weighted by Gasteiger charge is -2.72. The number of pyridine rings is 1. The molecule has 8 atom stereocenters. The average molecular weight is 625 g/mol. The molecule has 0 radical (unpaired) electrons. The summed E-state index contributed by atoms with van der Waals surface area (Å²) in [4.78, 5) is 28.9. The molecule has 1 aromatic heterocycles. The van der Waals surface area contributed by atoms with Gasteiger partial charge in [-0.05, 0) is 139 Å². The number of nitrogens with one attached hydrogen (secondary N) is 1. The zero-order chi connectivity index (χ0) is 32.5. The molecule has 4 saturated carbocycles. The number of carbonyl (C=O) groups excluding carboxylic acids is 1. The molecule has 2 N–H and O–H groups in total. The highest BCUT2D eigenvalue weighted by atomic mass is 16.5. The average Bonchev–Trinajstić information content (AvgIpc) is 3.44. The number of benzene rings is 1. The maximum Gasteiger partial charge on any atom is 0.335 e. The van der Waals surface area contributed by atoms with Gasteiger partial charge in [-0.25, -0.2) is 4.79 Å². The molecule has 4 fully saturated rings. The molecule has 1 heterocycles. The normalized spacial score (nSPS) is 39.1. The Morgan fingerprint density at radius 3 is 2.39 bits per heavy atom. The molecule has 0 saturated heterocycles.